The number of benzene rings is 1. The van der Waals surface area contributed by atoms with Gasteiger partial charge in [-0.15, -0.1) is 6.58 Å². The first-order chi connectivity index (χ1) is 8.51. The summed E-state index contributed by atoms with van der Waals surface area (Å²) >= 11 is 3.33. The lowest BCUT2D eigenvalue weighted by molar-refractivity contribution is -0.385. The standard InChI is InChI=1S/C12H15BrN2O3/c1-3-4-14(5-6-16)12-7-9(2)11(15(17)18)8-10(12)13/h3,7-8,16H,1,4-6H2,2H3. The Hall–Kier alpha value is -1.40. The smallest absolute Gasteiger partial charge is 0.273 e. The first-order valence-corrected chi connectivity index (χ1v) is 6.21. The highest BCUT2D eigenvalue weighted by atomic mass is 79.9. The predicted molar refractivity (Wildman–Crippen MR) is 75.0 cm³/mol. The van der Waals surface area contributed by atoms with Gasteiger partial charge in [0.15, 0.2) is 0 Å². The third kappa shape index (κ3) is 3.30. The molecule has 0 heterocycles. The molecule has 0 bridgehead atoms. The second kappa shape index (κ2) is 6.51. The van der Waals surface area contributed by atoms with Gasteiger partial charge in [-0.05, 0) is 28.9 Å². The van der Waals surface area contributed by atoms with Crippen LogP contribution in [0.15, 0.2) is 29.3 Å². The normalized spacial score (nSPS) is 10.2. The van der Waals surface area contributed by atoms with E-state index in [0.717, 1.165) is 5.69 Å². The molecule has 98 valence electrons. The Morgan fingerprint density at radius 3 is 2.78 bits per heavy atom. The molecule has 1 aromatic rings. The molecule has 0 radical (unpaired) electrons. The van der Waals surface area contributed by atoms with Gasteiger partial charge in [-0.1, -0.05) is 6.08 Å². The van der Waals surface area contributed by atoms with Crippen molar-refractivity contribution < 1.29 is 10.0 Å². The van der Waals surface area contributed by atoms with E-state index in [2.05, 4.69) is 22.5 Å². The van der Waals surface area contributed by atoms with Crippen LogP contribution in [0.5, 0.6) is 0 Å². The molecule has 0 aliphatic carbocycles. The summed E-state index contributed by atoms with van der Waals surface area (Å²) in [5.41, 5.74) is 1.48. The van der Waals surface area contributed by atoms with Gasteiger partial charge in [0.25, 0.3) is 5.69 Å². The highest BCUT2D eigenvalue weighted by Crippen LogP contribution is 2.33. The van der Waals surface area contributed by atoms with Crippen LogP contribution in [0.3, 0.4) is 0 Å². The van der Waals surface area contributed by atoms with Gasteiger partial charge in [0, 0.05) is 29.2 Å². The Kier molecular flexibility index (Phi) is 5.30. The molecule has 1 aromatic carbocycles. The number of nitro groups is 1. The van der Waals surface area contributed by atoms with Gasteiger partial charge in [0.1, 0.15) is 0 Å². The number of aliphatic hydroxyl groups excluding tert-OH is 1. The van der Waals surface area contributed by atoms with Crippen LogP contribution in [0.2, 0.25) is 0 Å². The molecule has 0 fully saturated rings. The Balaban J connectivity index is 3.19. The second-order valence-corrected chi connectivity index (χ2v) is 4.66. The minimum absolute atomic E-state index is 0.0102. The lowest BCUT2D eigenvalue weighted by atomic mass is 10.1. The molecule has 0 aromatic heterocycles. The van der Waals surface area contributed by atoms with Crippen LogP contribution < -0.4 is 4.90 Å². The van der Waals surface area contributed by atoms with Crippen molar-refractivity contribution in [3.8, 4) is 0 Å². The minimum atomic E-state index is -0.409. The van der Waals surface area contributed by atoms with Crippen molar-refractivity contribution in [1.29, 1.82) is 0 Å². The van der Waals surface area contributed by atoms with E-state index in [1.54, 1.807) is 19.1 Å². The molecule has 1 N–H and O–H groups in total. The SMILES string of the molecule is C=CCN(CCO)c1cc(C)c([N+](=O)[O-])cc1Br. The first-order valence-electron chi connectivity index (χ1n) is 5.42. The van der Waals surface area contributed by atoms with Crippen molar-refractivity contribution in [2.75, 3.05) is 24.6 Å². The van der Waals surface area contributed by atoms with E-state index in [9.17, 15) is 10.1 Å². The molecule has 0 saturated heterocycles. The van der Waals surface area contributed by atoms with Crippen molar-refractivity contribution in [1.82, 2.24) is 0 Å². The van der Waals surface area contributed by atoms with Crippen LogP contribution in [0.1, 0.15) is 5.56 Å². The van der Waals surface area contributed by atoms with Gasteiger partial charge in [0.2, 0.25) is 0 Å². The van der Waals surface area contributed by atoms with E-state index < -0.39 is 4.92 Å². The summed E-state index contributed by atoms with van der Waals surface area (Å²) in [7, 11) is 0. The molecule has 6 heteroatoms. The van der Waals surface area contributed by atoms with Crippen LogP contribution in [-0.4, -0.2) is 29.7 Å². The van der Waals surface area contributed by atoms with Gasteiger partial charge < -0.3 is 10.0 Å². The monoisotopic (exact) mass is 314 g/mol. The molecule has 18 heavy (non-hydrogen) atoms. The summed E-state index contributed by atoms with van der Waals surface area (Å²) in [5.74, 6) is 0. The highest BCUT2D eigenvalue weighted by molar-refractivity contribution is 9.10. The van der Waals surface area contributed by atoms with Crippen molar-refractivity contribution in [2.45, 2.75) is 6.92 Å². The summed E-state index contributed by atoms with van der Waals surface area (Å²) in [4.78, 5) is 12.3. The van der Waals surface area contributed by atoms with E-state index >= 15 is 0 Å². The van der Waals surface area contributed by atoms with Crippen LogP contribution in [-0.2, 0) is 0 Å². The Bertz CT molecular complexity index is 463. The molecule has 0 amide bonds. The predicted octanol–water partition coefficient (Wildman–Crippen LogP) is 2.65. The van der Waals surface area contributed by atoms with Gasteiger partial charge in [0.05, 0.1) is 17.2 Å². The summed E-state index contributed by atoms with van der Waals surface area (Å²) in [6.45, 7) is 6.38. The van der Waals surface area contributed by atoms with Crippen LogP contribution in [0.25, 0.3) is 0 Å². The zero-order valence-corrected chi connectivity index (χ0v) is 11.7. The van der Waals surface area contributed by atoms with Crippen molar-refractivity contribution >= 4 is 27.3 Å². The molecule has 0 atom stereocenters. The molecule has 1 rings (SSSR count). The average Bonchev–Trinajstić information content (AvgIpc) is 2.31. The summed E-state index contributed by atoms with van der Waals surface area (Å²) < 4.78 is 0.634. The van der Waals surface area contributed by atoms with Crippen molar-refractivity contribution in [3.05, 3.63) is 44.9 Å². The quantitative estimate of drug-likeness (QED) is 0.498. The number of rotatable bonds is 6. The van der Waals surface area contributed by atoms with E-state index in [0.29, 0.717) is 23.1 Å². The van der Waals surface area contributed by atoms with Gasteiger partial charge in [-0.25, -0.2) is 0 Å². The lowest BCUT2D eigenvalue weighted by Crippen LogP contribution is -2.27. The van der Waals surface area contributed by atoms with Crippen LogP contribution in [0, 0.1) is 17.0 Å². The summed E-state index contributed by atoms with van der Waals surface area (Å²) in [5, 5.41) is 19.8. The third-order valence-electron chi connectivity index (χ3n) is 2.52. The number of anilines is 1. The molecule has 0 aliphatic rings. The average molecular weight is 315 g/mol. The lowest BCUT2D eigenvalue weighted by Gasteiger charge is -2.24. The van der Waals surface area contributed by atoms with Gasteiger partial charge in [-0.3, -0.25) is 10.1 Å². The van der Waals surface area contributed by atoms with Gasteiger partial charge in [-0.2, -0.15) is 0 Å². The molecule has 0 saturated carbocycles. The number of aliphatic hydroxyl groups is 1. The Morgan fingerprint density at radius 1 is 1.61 bits per heavy atom. The Morgan fingerprint density at radius 2 is 2.28 bits per heavy atom. The fraction of sp³-hybridized carbons (Fsp3) is 0.333. The summed E-state index contributed by atoms with van der Waals surface area (Å²) in [6, 6.07) is 3.22. The maximum absolute atomic E-state index is 10.8. The second-order valence-electron chi connectivity index (χ2n) is 3.81. The maximum atomic E-state index is 10.8. The number of nitro benzene ring substituents is 1. The van der Waals surface area contributed by atoms with E-state index in [4.69, 9.17) is 5.11 Å². The van der Waals surface area contributed by atoms with Crippen LogP contribution in [0.4, 0.5) is 11.4 Å². The highest BCUT2D eigenvalue weighted by Gasteiger charge is 2.17. The van der Waals surface area contributed by atoms with E-state index in [1.165, 1.54) is 6.07 Å². The van der Waals surface area contributed by atoms with Crippen molar-refractivity contribution in [3.63, 3.8) is 0 Å². The third-order valence-corrected chi connectivity index (χ3v) is 3.16. The van der Waals surface area contributed by atoms with E-state index in [-0.39, 0.29) is 12.3 Å². The molecule has 0 spiro atoms. The fourth-order valence-electron chi connectivity index (χ4n) is 1.68. The topological polar surface area (TPSA) is 66.6 Å². The summed E-state index contributed by atoms with van der Waals surface area (Å²) in [6.07, 6.45) is 1.72. The number of nitrogens with zero attached hydrogens (tertiary/aromatic N) is 2. The van der Waals surface area contributed by atoms with Crippen LogP contribution >= 0.6 is 15.9 Å². The zero-order chi connectivity index (χ0) is 13.7. The van der Waals surface area contributed by atoms with Crippen molar-refractivity contribution in [2.24, 2.45) is 0 Å². The minimum Gasteiger partial charge on any atom is -0.395 e. The number of hydrogen-bond donors (Lipinski definition) is 1. The molecular weight excluding hydrogens is 300 g/mol. The van der Waals surface area contributed by atoms with Gasteiger partial charge >= 0.3 is 0 Å². The molecule has 5 nitrogen and oxygen atoms in total. The zero-order valence-electron chi connectivity index (χ0n) is 10.1. The maximum Gasteiger partial charge on any atom is 0.273 e. The van der Waals surface area contributed by atoms with E-state index in [1.807, 2.05) is 4.90 Å². The number of halogens is 1. The molecule has 0 aliphatic heterocycles. The number of aryl methyl sites for hydroxylation is 1. The first kappa shape index (κ1) is 14.7. The fourth-order valence-corrected chi connectivity index (χ4v) is 2.26. The number of hydrogen-bond acceptors (Lipinski definition) is 4. The Labute approximate surface area is 114 Å². The molecular formula is C12H15BrN2O3. The molecule has 0 unspecified atom stereocenters. The largest absolute Gasteiger partial charge is 0.395 e.